The van der Waals surface area contributed by atoms with Gasteiger partial charge in [0.25, 0.3) is 0 Å². The Labute approximate surface area is 110 Å². The van der Waals surface area contributed by atoms with E-state index in [9.17, 15) is 0 Å². The molecule has 0 aliphatic heterocycles. The van der Waals surface area contributed by atoms with Crippen LogP contribution in [0.15, 0.2) is 22.7 Å². The van der Waals surface area contributed by atoms with Gasteiger partial charge in [-0.15, -0.1) is 0 Å². The van der Waals surface area contributed by atoms with E-state index in [1.54, 1.807) is 0 Å². The van der Waals surface area contributed by atoms with Crippen LogP contribution in [0.2, 0.25) is 5.02 Å². The molecule has 0 aromatic heterocycles. The van der Waals surface area contributed by atoms with E-state index >= 15 is 0 Å². The first-order chi connectivity index (χ1) is 7.74. The van der Waals surface area contributed by atoms with Crippen LogP contribution < -0.4 is 5.32 Å². The second-order valence-corrected chi connectivity index (χ2v) is 4.78. The molecule has 0 aliphatic rings. The van der Waals surface area contributed by atoms with Gasteiger partial charge in [-0.25, -0.2) is 0 Å². The summed E-state index contributed by atoms with van der Waals surface area (Å²) in [5, 5.41) is 4.00. The summed E-state index contributed by atoms with van der Waals surface area (Å²) in [7, 11) is 0. The lowest BCUT2D eigenvalue weighted by molar-refractivity contribution is 0.141. The van der Waals surface area contributed by atoms with Crippen LogP contribution in [-0.2, 0) is 4.74 Å². The highest BCUT2D eigenvalue weighted by Gasteiger charge is 1.98. The second kappa shape index (κ2) is 7.93. The SMILES string of the molecule is CCCCOCCNc1ccc(Cl)c(Br)c1. The maximum Gasteiger partial charge on any atom is 0.0639 e. The van der Waals surface area contributed by atoms with Gasteiger partial charge in [0.1, 0.15) is 0 Å². The molecular weight excluding hydrogens is 289 g/mol. The monoisotopic (exact) mass is 305 g/mol. The van der Waals surface area contributed by atoms with Crippen molar-refractivity contribution in [3.05, 3.63) is 27.7 Å². The number of ether oxygens (including phenoxy) is 1. The number of benzene rings is 1. The zero-order valence-electron chi connectivity index (χ0n) is 9.43. The van der Waals surface area contributed by atoms with Crippen LogP contribution in [0, 0.1) is 0 Å². The molecule has 90 valence electrons. The Morgan fingerprint density at radius 3 is 2.88 bits per heavy atom. The molecule has 0 spiro atoms. The average Bonchev–Trinajstić information content (AvgIpc) is 2.28. The van der Waals surface area contributed by atoms with Gasteiger partial charge in [-0.1, -0.05) is 24.9 Å². The molecule has 0 heterocycles. The molecule has 2 nitrogen and oxygen atoms in total. The quantitative estimate of drug-likeness (QED) is 0.757. The van der Waals surface area contributed by atoms with Crippen LogP contribution >= 0.6 is 27.5 Å². The predicted octanol–water partition coefficient (Wildman–Crippen LogP) is 4.33. The van der Waals surface area contributed by atoms with Gasteiger partial charge < -0.3 is 10.1 Å². The predicted molar refractivity (Wildman–Crippen MR) is 73.4 cm³/mol. The Hall–Kier alpha value is -0.250. The van der Waals surface area contributed by atoms with Gasteiger partial charge in [0.15, 0.2) is 0 Å². The number of unbranched alkanes of at least 4 members (excludes halogenated alkanes) is 1. The maximum atomic E-state index is 5.90. The van der Waals surface area contributed by atoms with Crippen LogP contribution in [0.1, 0.15) is 19.8 Å². The number of nitrogens with one attached hydrogen (secondary N) is 1. The van der Waals surface area contributed by atoms with Crippen molar-refractivity contribution in [2.75, 3.05) is 25.1 Å². The molecule has 4 heteroatoms. The van der Waals surface area contributed by atoms with E-state index < -0.39 is 0 Å². The van der Waals surface area contributed by atoms with Crippen LogP contribution in [0.4, 0.5) is 5.69 Å². The fourth-order valence-electron chi connectivity index (χ4n) is 1.22. The topological polar surface area (TPSA) is 21.3 Å². The Morgan fingerprint density at radius 2 is 2.19 bits per heavy atom. The van der Waals surface area contributed by atoms with Gasteiger partial charge in [-0.3, -0.25) is 0 Å². The van der Waals surface area contributed by atoms with Crippen molar-refractivity contribution in [2.45, 2.75) is 19.8 Å². The number of rotatable bonds is 7. The Balaban J connectivity index is 2.19. The third kappa shape index (κ3) is 5.19. The summed E-state index contributed by atoms with van der Waals surface area (Å²) in [6, 6.07) is 5.79. The Bertz CT molecular complexity index is 320. The number of anilines is 1. The zero-order chi connectivity index (χ0) is 11.8. The van der Waals surface area contributed by atoms with Gasteiger partial charge in [0.2, 0.25) is 0 Å². The Morgan fingerprint density at radius 1 is 1.38 bits per heavy atom. The smallest absolute Gasteiger partial charge is 0.0639 e. The first-order valence-electron chi connectivity index (χ1n) is 5.50. The van der Waals surface area contributed by atoms with Crippen molar-refractivity contribution >= 4 is 33.2 Å². The van der Waals surface area contributed by atoms with Crippen molar-refractivity contribution in [2.24, 2.45) is 0 Å². The highest BCUT2D eigenvalue weighted by molar-refractivity contribution is 9.10. The molecule has 1 N–H and O–H groups in total. The molecular formula is C12H17BrClNO. The molecule has 0 atom stereocenters. The van der Waals surface area contributed by atoms with Crippen LogP contribution in [0.25, 0.3) is 0 Å². The molecule has 16 heavy (non-hydrogen) atoms. The normalized spacial score (nSPS) is 10.4. The molecule has 1 aromatic carbocycles. The molecule has 1 rings (SSSR count). The van der Waals surface area contributed by atoms with Crippen molar-refractivity contribution < 1.29 is 4.74 Å². The minimum atomic E-state index is 0.727. The summed E-state index contributed by atoms with van der Waals surface area (Å²) in [5.74, 6) is 0. The molecule has 0 fully saturated rings. The van der Waals surface area contributed by atoms with Crippen LogP contribution in [0.5, 0.6) is 0 Å². The molecule has 0 unspecified atom stereocenters. The highest BCUT2D eigenvalue weighted by atomic mass is 79.9. The van der Waals surface area contributed by atoms with Crippen molar-refractivity contribution in [3.63, 3.8) is 0 Å². The molecule has 0 saturated carbocycles. The standard InChI is InChI=1S/C12H17BrClNO/c1-2-3-7-16-8-6-15-10-4-5-12(14)11(13)9-10/h4-5,9,15H,2-3,6-8H2,1H3. The molecule has 0 aliphatic carbocycles. The summed E-state index contributed by atoms with van der Waals surface area (Å²) in [6.45, 7) is 4.56. The van der Waals surface area contributed by atoms with E-state index in [0.29, 0.717) is 0 Å². The first-order valence-corrected chi connectivity index (χ1v) is 6.67. The number of halogens is 2. The average molecular weight is 307 g/mol. The summed E-state index contributed by atoms with van der Waals surface area (Å²) in [6.07, 6.45) is 2.31. The van der Waals surface area contributed by atoms with E-state index in [0.717, 1.165) is 41.4 Å². The van der Waals surface area contributed by atoms with Gasteiger partial charge in [-0.05, 0) is 40.5 Å². The van der Waals surface area contributed by atoms with Crippen molar-refractivity contribution in [1.29, 1.82) is 0 Å². The summed E-state index contributed by atoms with van der Waals surface area (Å²) in [4.78, 5) is 0. The fourth-order valence-corrected chi connectivity index (χ4v) is 1.72. The lowest BCUT2D eigenvalue weighted by Crippen LogP contribution is -2.09. The summed E-state index contributed by atoms with van der Waals surface area (Å²) < 4.78 is 6.36. The molecule has 0 saturated heterocycles. The molecule has 0 radical (unpaired) electrons. The third-order valence-corrected chi connectivity index (χ3v) is 3.35. The zero-order valence-corrected chi connectivity index (χ0v) is 11.8. The van der Waals surface area contributed by atoms with Gasteiger partial charge in [0.05, 0.1) is 11.6 Å². The van der Waals surface area contributed by atoms with Crippen molar-refractivity contribution in [1.82, 2.24) is 0 Å². The molecule has 1 aromatic rings. The highest BCUT2D eigenvalue weighted by Crippen LogP contribution is 2.25. The van der Waals surface area contributed by atoms with Gasteiger partial charge >= 0.3 is 0 Å². The lowest BCUT2D eigenvalue weighted by atomic mass is 10.3. The van der Waals surface area contributed by atoms with Crippen molar-refractivity contribution in [3.8, 4) is 0 Å². The maximum absolute atomic E-state index is 5.90. The Kier molecular flexibility index (Phi) is 6.85. The van der Waals surface area contributed by atoms with E-state index in [4.69, 9.17) is 16.3 Å². The molecule has 0 amide bonds. The van der Waals surface area contributed by atoms with Gasteiger partial charge in [0, 0.05) is 23.3 Å². The largest absolute Gasteiger partial charge is 0.383 e. The molecule has 0 bridgehead atoms. The number of hydrogen-bond donors (Lipinski definition) is 1. The summed E-state index contributed by atoms with van der Waals surface area (Å²) in [5.41, 5.74) is 1.05. The van der Waals surface area contributed by atoms with Crippen LogP contribution in [-0.4, -0.2) is 19.8 Å². The van der Waals surface area contributed by atoms with Gasteiger partial charge in [-0.2, -0.15) is 0 Å². The van der Waals surface area contributed by atoms with E-state index in [-0.39, 0.29) is 0 Å². The van der Waals surface area contributed by atoms with E-state index in [2.05, 4.69) is 28.2 Å². The minimum absolute atomic E-state index is 0.727. The fraction of sp³-hybridized carbons (Fsp3) is 0.500. The number of hydrogen-bond acceptors (Lipinski definition) is 2. The lowest BCUT2D eigenvalue weighted by Gasteiger charge is -2.08. The first kappa shape index (κ1) is 13.8. The van der Waals surface area contributed by atoms with E-state index in [1.807, 2.05) is 18.2 Å². The van der Waals surface area contributed by atoms with Crippen LogP contribution in [0.3, 0.4) is 0 Å². The third-order valence-electron chi connectivity index (χ3n) is 2.14. The van der Waals surface area contributed by atoms with E-state index in [1.165, 1.54) is 6.42 Å². The summed E-state index contributed by atoms with van der Waals surface area (Å²) >= 11 is 9.29. The second-order valence-electron chi connectivity index (χ2n) is 3.52. The minimum Gasteiger partial charge on any atom is -0.383 e.